The van der Waals surface area contributed by atoms with Gasteiger partial charge in [0.1, 0.15) is 27.3 Å². The number of halogens is 3. The minimum atomic E-state index is -0.544. The Kier molecular flexibility index (Phi) is 9.77. The van der Waals surface area contributed by atoms with E-state index >= 15 is 0 Å². The minimum Gasteiger partial charge on any atom is -0.444 e. The largest absolute Gasteiger partial charge is 0.444 e. The van der Waals surface area contributed by atoms with E-state index in [1.54, 1.807) is 54.0 Å². The van der Waals surface area contributed by atoms with Gasteiger partial charge in [0.25, 0.3) is 11.1 Å². The number of hydrogen-bond acceptors (Lipinski definition) is 8. The van der Waals surface area contributed by atoms with E-state index in [-0.39, 0.29) is 21.3 Å². The number of H-pyrrole nitrogens is 2. The summed E-state index contributed by atoms with van der Waals surface area (Å²) in [5, 5.41) is -0.0634. The van der Waals surface area contributed by atoms with Crippen LogP contribution in [0.5, 0.6) is 0 Å². The van der Waals surface area contributed by atoms with E-state index in [1.165, 1.54) is 0 Å². The first kappa shape index (κ1) is 30.9. The average molecular weight is 631 g/mol. The molecule has 0 spiro atoms. The van der Waals surface area contributed by atoms with E-state index in [1.807, 2.05) is 26.8 Å². The quantitative estimate of drug-likeness (QED) is 0.276. The maximum Gasteiger partial charge on any atom is 0.410 e. The third-order valence-electron chi connectivity index (χ3n) is 5.76. The van der Waals surface area contributed by atoms with Crippen LogP contribution in [0.4, 0.5) is 4.79 Å². The number of ether oxygens (including phenoxy) is 1. The van der Waals surface area contributed by atoms with Gasteiger partial charge in [-0.1, -0.05) is 40.9 Å². The number of pyridine rings is 2. The van der Waals surface area contributed by atoms with Crippen LogP contribution in [0.1, 0.15) is 32.9 Å². The van der Waals surface area contributed by atoms with Gasteiger partial charge in [-0.05, 0) is 57.0 Å². The van der Waals surface area contributed by atoms with E-state index in [4.69, 9.17) is 39.5 Å². The van der Waals surface area contributed by atoms with Crippen molar-refractivity contribution >= 4 is 46.5 Å². The zero-order chi connectivity index (χ0) is 30.4. The number of rotatable bonds is 3. The van der Waals surface area contributed by atoms with E-state index in [9.17, 15) is 14.4 Å². The lowest BCUT2D eigenvalue weighted by Crippen LogP contribution is -2.39. The summed E-state index contributed by atoms with van der Waals surface area (Å²) in [4.78, 5) is 58.9. The Morgan fingerprint density at radius 1 is 0.857 bits per heavy atom. The summed E-state index contributed by atoms with van der Waals surface area (Å²) < 4.78 is 5.39. The normalized spacial score (nSPS) is 13.1. The van der Waals surface area contributed by atoms with Crippen molar-refractivity contribution in [2.45, 2.75) is 32.8 Å². The summed E-state index contributed by atoms with van der Waals surface area (Å²) >= 11 is 17.5. The van der Waals surface area contributed by atoms with Gasteiger partial charge >= 0.3 is 6.09 Å². The lowest BCUT2D eigenvalue weighted by molar-refractivity contribution is 0.0270. The SMILES string of the molecule is CC(C)(C)OC(=O)N1CC=C(c2nc(-c3ccncc3)[nH]c(=O)c2Cl)CC1.O=c1[nH]c(-c2ccncc2)nc(Cl)c1Cl. The Hall–Kier alpha value is -4.06. The number of carbonyl (C=O) groups excluding carboxylic acids is 1. The molecule has 218 valence electrons. The maximum absolute atomic E-state index is 12.3. The van der Waals surface area contributed by atoms with E-state index in [2.05, 4.69) is 29.9 Å². The number of aromatic nitrogens is 6. The molecule has 5 rings (SSSR count). The van der Waals surface area contributed by atoms with Crippen LogP contribution in [0.3, 0.4) is 0 Å². The zero-order valence-electron chi connectivity index (χ0n) is 22.8. The topological polar surface area (TPSA) is 147 Å². The van der Waals surface area contributed by atoms with Crippen molar-refractivity contribution in [3.8, 4) is 22.8 Å². The Labute approximate surface area is 255 Å². The molecule has 0 bridgehead atoms. The van der Waals surface area contributed by atoms with Gasteiger partial charge in [0.15, 0.2) is 5.15 Å². The summed E-state index contributed by atoms with van der Waals surface area (Å²) in [5.74, 6) is 0.800. The van der Waals surface area contributed by atoms with Gasteiger partial charge < -0.3 is 19.6 Å². The molecule has 0 saturated carbocycles. The molecule has 42 heavy (non-hydrogen) atoms. The third-order valence-corrected chi connectivity index (χ3v) is 6.83. The lowest BCUT2D eigenvalue weighted by Gasteiger charge is -2.29. The molecular formula is C28H26Cl3N7O4. The Balaban J connectivity index is 0.000000227. The molecule has 0 aliphatic carbocycles. The number of nitrogens with one attached hydrogen (secondary N) is 2. The van der Waals surface area contributed by atoms with Crippen molar-refractivity contribution in [3.05, 3.63) is 96.7 Å². The highest BCUT2D eigenvalue weighted by atomic mass is 35.5. The summed E-state index contributed by atoms with van der Waals surface area (Å²) in [6.45, 7) is 6.33. The lowest BCUT2D eigenvalue weighted by atomic mass is 10.0. The highest BCUT2D eigenvalue weighted by molar-refractivity contribution is 6.41. The number of carbonyl (C=O) groups is 1. The zero-order valence-corrected chi connectivity index (χ0v) is 25.1. The molecule has 0 radical (unpaired) electrons. The molecule has 14 heteroatoms. The first-order chi connectivity index (χ1) is 19.9. The molecule has 0 unspecified atom stereocenters. The third kappa shape index (κ3) is 7.81. The van der Waals surface area contributed by atoms with Crippen LogP contribution >= 0.6 is 34.8 Å². The van der Waals surface area contributed by atoms with Crippen LogP contribution in [-0.4, -0.2) is 59.6 Å². The average Bonchev–Trinajstić information content (AvgIpc) is 2.97. The molecule has 1 aliphatic rings. The molecule has 2 N–H and O–H groups in total. The highest BCUT2D eigenvalue weighted by Crippen LogP contribution is 2.27. The Morgan fingerprint density at radius 2 is 1.38 bits per heavy atom. The second-order valence-corrected chi connectivity index (χ2v) is 11.1. The molecule has 0 fully saturated rings. The van der Waals surface area contributed by atoms with E-state index in [0.717, 1.165) is 16.7 Å². The predicted octanol–water partition coefficient (Wildman–Crippen LogP) is 5.65. The van der Waals surface area contributed by atoms with Crippen LogP contribution < -0.4 is 11.1 Å². The van der Waals surface area contributed by atoms with Crippen LogP contribution in [0.15, 0.2) is 64.7 Å². The van der Waals surface area contributed by atoms with Gasteiger partial charge in [-0.25, -0.2) is 14.8 Å². The molecular weight excluding hydrogens is 605 g/mol. The van der Waals surface area contributed by atoms with Gasteiger partial charge in [0.05, 0.1) is 5.69 Å². The van der Waals surface area contributed by atoms with Crippen molar-refractivity contribution in [1.29, 1.82) is 0 Å². The highest BCUT2D eigenvalue weighted by Gasteiger charge is 2.25. The van der Waals surface area contributed by atoms with Crippen molar-refractivity contribution in [1.82, 2.24) is 34.8 Å². The molecule has 4 aromatic rings. The molecule has 0 aromatic carbocycles. The Bertz CT molecular complexity index is 1720. The fourth-order valence-corrected chi connectivity index (χ4v) is 4.24. The second kappa shape index (κ2) is 13.3. The number of nitrogens with zero attached hydrogens (tertiary/aromatic N) is 5. The summed E-state index contributed by atoms with van der Waals surface area (Å²) in [6.07, 6.45) is 8.48. The van der Waals surface area contributed by atoms with Crippen LogP contribution in [0.25, 0.3) is 28.3 Å². The number of aromatic amines is 2. The van der Waals surface area contributed by atoms with E-state index in [0.29, 0.717) is 36.9 Å². The smallest absolute Gasteiger partial charge is 0.410 e. The minimum absolute atomic E-state index is 0.00720. The molecule has 5 heterocycles. The summed E-state index contributed by atoms with van der Waals surface area (Å²) in [5.41, 5.74) is 1.34. The van der Waals surface area contributed by atoms with Gasteiger partial charge in [-0.15, -0.1) is 0 Å². The Morgan fingerprint density at radius 3 is 1.86 bits per heavy atom. The van der Waals surface area contributed by atoms with Gasteiger partial charge in [-0.3, -0.25) is 19.6 Å². The predicted molar refractivity (Wildman–Crippen MR) is 162 cm³/mol. The van der Waals surface area contributed by atoms with Crippen molar-refractivity contribution < 1.29 is 9.53 Å². The fraction of sp³-hybridized carbons (Fsp3) is 0.250. The fourth-order valence-electron chi connectivity index (χ4n) is 3.77. The van der Waals surface area contributed by atoms with Crippen molar-refractivity contribution in [2.75, 3.05) is 13.1 Å². The monoisotopic (exact) mass is 629 g/mol. The maximum atomic E-state index is 12.3. The van der Waals surface area contributed by atoms with E-state index < -0.39 is 16.7 Å². The molecule has 0 atom stereocenters. The molecule has 1 amide bonds. The second-order valence-electron chi connectivity index (χ2n) is 9.97. The van der Waals surface area contributed by atoms with Crippen LogP contribution in [-0.2, 0) is 4.74 Å². The van der Waals surface area contributed by atoms with Crippen LogP contribution in [0, 0.1) is 0 Å². The van der Waals surface area contributed by atoms with Gasteiger partial charge in [0.2, 0.25) is 0 Å². The number of hydrogen-bond donors (Lipinski definition) is 2. The van der Waals surface area contributed by atoms with Gasteiger partial charge in [0, 0.05) is 49.0 Å². The summed E-state index contributed by atoms with van der Waals surface area (Å²) in [6, 6.07) is 6.94. The molecule has 11 nitrogen and oxygen atoms in total. The van der Waals surface area contributed by atoms with Gasteiger partial charge in [-0.2, -0.15) is 0 Å². The number of amides is 1. The first-order valence-electron chi connectivity index (χ1n) is 12.7. The van der Waals surface area contributed by atoms with Crippen molar-refractivity contribution in [2.24, 2.45) is 0 Å². The van der Waals surface area contributed by atoms with Crippen molar-refractivity contribution in [3.63, 3.8) is 0 Å². The molecule has 0 saturated heterocycles. The molecule has 1 aliphatic heterocycles. The summed E-state index contributed by atoms with van der Waals surface area (Å²) in [7, 11) is 0. The molecule has 4 aromatic heterocycles. The standard InChI is InChI=1S/C19H21ClN4O3.C9H5Cl2N3O/c1-19(2,3)27-18(26)24-10-6-12(7-11-24)15-14(20)17(25)23-16(22-15)13-4-8-21-9-5-13;10-6-7(11)13-8(14-9(6)15)5-1-3-12-4-2-5/h4-6,8-9H,7,10-11H2,1-3H3,(H,22,23,25);1-4H,(H,13,14,15). The first-order valence-corrected chi connectivity index (χ1v) is 13.8. The van der Waals surface area contributed by atoms with Crippen LogP contribution in [0.2, 0.25) is 15.2 Å².